The number of nitrogens with zero attached hydrogens (tertiary/aromatic N) is 1. The number of hydrogen-bond acceptors (Lipinski definition) is 2. The topological polar surface area (TPSA) is 32.3 Å². The quantitative estimate of drug-likeness (QED) is 0.853. The smallest absolute Gasteiger partial charge is 0.255 e. The zero-order valence-electron chi connectivity index (χ0n) is 11.3. The Kier molecular flexibility index (Phi) is 5.10. The van der Waals surface area contributed by atoms with Crippen molar-refractivity contribution in [1.82, 2.24) is 10.2 Å². The van der Waals surface area contributed by atoms with Gasteiger partial charge in [-0.3, -0.25) is 4.79 Å². The maximum absolute atomic E-state index is 13.3. The molecule has 1 fully saturated rings. The molecule has 0 aromatic heterocycles. The number of piperidine rings is 1. The lowest BCUT2D eigenvalue weighted by Crippen LogP contribution is -2.42. The van der Waals surface area contributed by atoms with Gasteiger partial charge in [0.05, 0.1) is 5.56 Å². The van der Waals surface area contributed by atoms with Gasteiger partial charge in [-0.15, -0.1) is 0 Å². The lowest BCUT2D eigenvalue weighted by molar-refractivity contribution is 0.0672. The van der Waals surface area contributed by atoms with Crippen molar-refractivity contribution in [2.75, 3.05) is 26.7 Å². The Hall–Kier alpha value is -1.01. The fourth-order valence-electron chi connectivity index (χ4n) is 2.56. The van der Waals surface area contributed by atoms with Crippen molar-refractivity contribution in [3.05, 3.63) is 33.8 Å². The van der Waals surface area contributed by atoms with Crippen molar-refractivity contribution in [2.45, 2.75) is 12.8 Å². The zero-order chi connectivity index (χ0) is 14.7. The molecule has 1 amide bonds. The average molecular weight is 347 g/mol. The summed E-state index contributed by atoms with van der Waals surface area (Å²) < 4.78 is 26.7. The van der Waals surface area contributed by atoms with E-state index in [1.165, 1.54) is 0 Å². The average Bonchev–Trinajstić information content (AvgIpc) is 2.43. The van der Waals surface area contributed by atoms with Crippen molar-refractivity contribution in [3.63, 3.8) is 0 Å². The number of hydrogen-bond donors (Lipinski definition) is 1. The van der Waals surface area contributed by atoms with Gasteiger partial charge in [0.1, 0.15) is 0 Å². The minimum Gasteiger partial charge on any atom is -0.338 e. The monoisotopic (exact) mass is 346 g/mol. The van der Waals surface area contributed by atoms with Gasteiger partial charge in [-0.25, -0.2) is 8.78 Å². The van der Waals surface area contributed by atoms with E-state index < -0.39 is 11.6 Å². The third kappa shape index (κ3) is 3.35. The number of amides is 1. The van der Waals surface area contributed by atoms with E-state index in [1.54, 1.807) is 4.90 Å². The molecule has 0 saturated carbocycles. The zero-order valence-corrected chi connectivity index (χ0v) is 12.8. The first-order valence-corrected chi connectivity index (χ1v) is 7.40. The second-order valence-corrected chi connectivity index (χ2v) is 5.92. The Morgan fingerprint density at radius 1 is 1.45 bits per heavy atom. The molecule has 1 N–H and O–H groups in total. The van der Waals surface area contributed by atoms with Crippen molar-refractivity contribution in [1.29, 1.82) is 0 Å². The van der Waals surface area contributed by atoms with Gasteiger partial charge in [-0.05, 0) is 60.4 Å². The molecular formula is C14H17BrF2N2O. The molecule has 1 atom stereocenters. The highest BCUT2D eigenvalue weighted by Crippen LogP contribution is 2.24. The van der Waals surface area contributed by atoms with Gasteiger partial charge >= 0.3 is 0 Å². The highest BCUT2D eigenvalue weighted by atomic mass is 79.9. The van der Waals surface area contributed by atoms with Crippen LogP contribution in [0, 0.1) is 17.6 Å². The van der Waals surface area contributed by atoms with Crippen LogP contribution in [0.3, 0.4) is 0 Å². The van der Waals surface area contributed by atoms with Gasteiger partial charge in [-0.2, -0.15) is 0 Å². The molecule has 1 unspecified atom stereocenters. The molecule has 110 valence electrons. The van der Waals surface area contributed by atoms with E-state index >= 15 is 0 Å². The van der Waals surface area contributed by atoms with Crippen molar-refractivity contribution >= 4 is 21.8 Å². The first-order valence-electron chi connectivity index (χ1n) is 6.61. The summed E-state index contributed by atoms with van der Waals surface area (Å²) in [5.74, 6) is -1.81. The Balaban J connectivity index is 2.16. The van der Waals surface area contributed by atoms with Gasteiger partial charge in [-0.1, -0.05) is 0 Å². The first kappa shape index (κ1) is 15.4. The van der Waals surface area contributed by atoms with E-state index in [9.17, 15) is 13.6 Å². The highest BCUT2D eigenvalue weighted by Gasteiger charge is 2.26. The van der Waals surface area contributed by atoms with E-state index in [2.05, 4.69) is 21.2 Å². The van der Waals surface area contributed by atoms with Crippen LogP contribution in [0.5, 0.6) is 0 Å². The van der Waals surface area contributed by atoms with Crippen LogP contribution in [0.15, 0.2) is 16.6 Å². The summed E-state index contributed by atoms with van der Waals surface area (Å²) in [6, 6.07) is 1.96. The van der Waals surface area contributed by atoms with E-state index in [-0.39, 0.29) is 15.9 Å². The van der Waals surface area contributed by atoms with Gasteiger partial charge in [0, 0.05) is 17.6 Å². The van der Waals surface area contributed by atoms with Crippen LogP contribution in [0.25, 0.3) is 0 Å². The van der Waals surface area contributed by atoms with Crippen LogP contribution in [0.2, 0.25) is 0 Å². The molecule has 0 aliphatic carbocycles. The largest absolute Gasteiger partial charge is 0.338 e. The summed E-state index contributed by atoms with van der Waals surface area (Å²) in [5.41, 5.74) is 0.175. The molecule has 2 rings (SSSR count). The lowest BCUT2D eigenvalue weighted by atomic mass is 9.97. The van der Waals surface area contributed by atoms with Gasteiger partial charge in [0.25, 0.3) is 5.91 Å². The molecule has 0 spiro atoms. The molecule has 3 nitrogen and oxygen atoms in total. The summed E-state index contributed by atoms with van der Waals surface area (Å²) in [7, 11) is 1.88. The Morgan fingerprint density at radius 3 is 2.85 bits per heavy atom. The van der Waals surface area contributed by atoms with Gasteiger partial charge in [0.2, 0.25) is 0 Å². The molecule has 1 heterocycles. The third-order valence-corrected chi connectivity index (χ3v) is 4.20. The fourth-order valence-corrected chi connectivity index (χ4v) is 3.05. The minimum absolute atomic E-state index is 0.175. The summed E-state index contributed by atoms with van der Waals surface area (Å²) >= 11 is 3.13. The molecule has 1 aliphatic heterocycles. The molecule has 0 radical (unpaired) electrons. The molecule has 1 aromatic carbocycles. The number of carbonyl (C=O) groups is 1. The molecule has 20 heavy (non-hydrogen) atoms. The Morgan fingerprint density at radius 2 is 2.15 bits per heavy atom. The number of likely N-dealkylation sites (tertiary alicyclic amines) is 1. The molecule has 1 saturated heterocycles. The van der Waals surface area contributed by atoms with Crippen molar-refractivity contribution in [3.8, 4) is 0 Å². The van der Waals surface area contributed by atoms with Gasteiger partial charge in [0.15, 0.2) is 11.6 Å². The third-order valence-electron chi connectivity index (χ3n) is 3.54. The van der Waals surface area contributed by atoms with E-state index in [0.717, 1.165) is 31.5 Å². The van der Waals surface area contributed by atoms with Crippen LogP contribution in [-0.4, -0.2) is 37.5 Å². The maximum Gasteiger partial charge on any atom is 0.255 e. The SMILES string of the molecule is CNCC1CCCN(C(=O)c2cc(F)c(F)cc2Br)C1. The number of halogens is 3. The van der Waals surface area contributed by atoms with Crippen molar-refractivity contribution in [2.24, 2.45) is 5.92 Å². The summed E-state index contributed by atoms with van der Waals surface area (Å²) in [4.78, 5) is 14.1. The van der Waals surface area contributed by atoms with Crippen LogP contribution in [0.4, 0.5) is 8.78 Å². The number of nitrogens with one attached hydrogen (secondary N) is 1. The summed E-state index contributed by atoms with van der Waals surface area (Å²) in [5, 5.41) is 3.11. The number of rotatable bonds is 3. The molecule has 0 bridgehead atoms. The Labute approximate surface area is 125 Å². The first-order chi connectivity index (χ1) is 9.52. The standard InChI is InChI=1S/C14H17BrF2N2O/c1-18-7-9-3-2-4-19(8-9)14(20)10-5-12(16)13(17)6-11(10)15/h5-6,9,18H,2-4,7-8H2,1H3. The second-order valence-electron chi connectivity index (χ2n) is 5.06. The van der Waals surface area contributed by atoms with Crippen LogP contribution < -0.4 is 5.32 Å². The highest BCUT2D eigenvalue weighted by molar-refractivity contribution is 9.10. The van der Waals surface area contributed by atoms with E-state index in [0.29, 0.717) is 19.0 Å². The lowest BCUT2D eigenvalue weighted by Gasteiger charge is -2.33. The van der Waals surface area contributed by atoms with Gasteiger partial charge < -0.3 is 10.2 Å². The van der Waals surface area contributed by atoms with Crippen molar-refractivity contribution < 1.29 is 13.6 Å². The van der Waals surface area contributed by atoms with Crippen LogP contribution in [0.1, 0.15) is 23.2 Å². The van der Waals surface area contributed by atoms with E-state index in [1.807, 2.05) is 7.05 Å². The number of benzene rings is 1. The maximum atomic E-state index is 13.3. The number of carbonyl (C=O) groups excluding carboxylic acids is 1. The fraction of sp³-hybridized carbons (Fsp3) is 0.500. The molecule has 1 aliphatic rings. The Bertz CT molecular complexity index is 508. The predicted molar refractivity (Wildman–Crippen MR) is 76.6 cm³/mol. The van der Waals surface area contributed by atoms with E-state index in [4.69, 9.17) is 0 Å². The summed E-state index contributed by atoms with van der Waals surface area (Å²) in [6.07, 6.45) is 2.00. The summed E-state index contributed by atoms with van der Waals surface area (Å²) in [6.45, 7) is 2.15. The predicted octanol–water partition coefficient (Wildman–Crippen LogP) is 2.80. The molecule has 6 heteroatoms. The normalized spacial score (nSPS) is 19.2. The second kappa shape index (κ2) is 6.63. The van der Waals surface area contributed by atoms with Crippen LogP contribution >= 0.6 is 15.9 Å². The molecular weight excluding hydrogens is 330 g/mol. The molecule has 1 aromatic rings. The minimum atomic E-state index is -1.000. The van der Waals surface area contributed by atoms with Crippen LogP contribution in [-0.2, 0) is 0 Å².